The molecular weight excluding hydrogens is 318 g/mol. The minimum Gasteiger partial charge on any atom is -0.448 e. The van der Waals surface area contributed by atoms with Crippen molar-refractivity contribution in [2.24, 2.45) is 0 Å². The van der Waals surface area contributed by atoms with Crippen LogP contribution in [0.15, 0.2) is 6.07 Å². The van der Waals surface area contributed by atoms with Crippen molar-refractivity contribution in [3.8, 4) is 0 Å². The van der Waals surface area contributed by atoms with Gasteiger partial charge in [-0.05, 0) is 31.9 Å². The third kappa shape index (κ3) is 3.67. The van der Waals surface area contributed by atoms with E-state index >= 15 is 0 Å². The summed E-state index contributed by atoms with van der Waals surface area (Å²) in [6.07, 6.45) is 3.12. The van der Waals surface area contributed by atoms with Gasteiger partial charge in [0.2, 0.25) is 0 Å². The van der Waals surface area contributed by atoms with Gasteiger partial charge >= 0.3 is 6.09 Å². The Bertz CT molecular complexity index is 609. The summed E-state index contributed by atoms with van der Waals surface area (Å²) in [6.45, 7) is 10.8. The molecule has 3 aliphatic heterocycles. The molecule has 0 atom stereocenters. The summed E-state index contributed by atoms with van der Waals surface area (Å²) in [5, 5.41) is 4.85. The van der Waals surface area contributed by atoms with Gasteiger partial charge < -0.3 is 9.64 Å². The van der Waals surface area contributed by atoms with Crippen molar-refractivity contribution in [1.82, 2.24) is 24.5 Å². The van der Waals surface area contributed by atoms with Gasteiger partial charge in [-0.1, -0.05) is 6.92 Å². The summed E-state index contributed by atoms with van der Waals surface area (Å²) < 4.78 is 7.28. The smallest absolute Gasteiger partial charge is 0.410 e. The van der Waals surface area contributed by atoms with E-state index in [-0.39, 0.29) is 6.09 Å². The van der Waals surface area contributed by atoms with E-state index < -0.39 is 0 Å². The number of cyclic esters (lactones) is 1. The Kier molecular flexibility index (Phi) is 4.94. The third-order valence-corrected chi connectivity index (χ3v) is 5.77. The van der Waals surface area contributed by atoms with Gasteiger partial charge in [0.15, 0.2) is 0 Å². The average molecular weight is 347 g/mol. The molecule has 1 aromatic heterocycles. The summed E-state index contributed by atoms with van der Waals surface area (Å²) in [5.41, 5.74) is 2.54. The fourth-order valence-corrected chi connectivity index (χ4v) is 4.29. The first kappa shape index (κ1) is 16.8. The number of aryl methyl sites for hydroxylation is 1. The number of ether oxygens (including phenoxy) is 1. The molecule has 0 aromatic carbocycles. The number of nitrogens with zero attached hydrogens (tertiary/aromatic N) is 5. The second-order valence-electron chi connectivity index (χ2n) is 7.39. The summed E-state index contributed by atoms with van der Waals surface area (Å²) in [4.78, 5) is 18.6. The van der Waals surface area contributed by atoms with Gasteiger partial charge in [0.05, 0.1) is 17.9 Å². The van der Waals surface area contributed by atoms with Crippen LogP contribution >= 0.6 is 0 Å². The first-order chi connectivity index (χ1) is 12.2. The zero-order valence-electron chi connectivity index (χ0n) is 15.2. The molecule has 0 bridgehead atoms. The number of aromatic nitrogens is 2. The molecule has 0 saturated carbocycles. The first-order valence-corrected chi connectivity index (χ1v) is 9.66. The van der Waals surface area contributed by atoms with Crippen LogP contribution < -0.4 is 0 Å². The lowest BCUT2D eigenvalue weighted by molar-refractivity contribution is 0.114. The molecule has 0 aliphatic carbocycles. The molecule has 2 saturated heterocycles. The summed E-state index contributed by atoms with van der Waals surface area (Å²) in [6, 6.07) is 2.64. The van der Waals surface area contributed by atoms with E-state index in [9.17, 15) is 4.79 Å². The summed E-state index contributed by atoms with van der Waals surface area (Å²) in [7, 11) is 0. The quantitative estimate of drug-likeness (QED) is 0.827. The Balaban J connectivity index is 1.32. The largest absolute Gasteiger partial charge is 0.448 e. The topological polar surface area (TPSA) is 53.8 Å². The third-order valence-electron chi connectivity index (χ3n) is 5.77. The molecule has 7 heteroatoms. The van der Waals surface area contributed by atoms with Crippen LogP contribution in [0.4, 0.5) is 4.79 Å². The Labute approximate surface area is 149 Å². The fraction of sp³-hybridized carbons (Fsp3) is 0.778. The Hall–Kier alpha value is -1.60. The van der Waals surface area contributed by atoms with Gasteiger partial charge in [-0.2, -0.15) is 5.10 Å². The molecule has 0 N–H and O–H groups in total. The number of hydrogen-bond acceptors (Lipinski definition) is 5. The van der Waals surface area contributed by atoms with Gasteiger partial charge in [-0.3, -0.25) is 14.5 Å². The molecule has 0 unspecified atom stereocenters. The molecular formula is C18H29N5O2. The fourth-order valence-electron chi connectivity index (χ4n) is 4.29. The summed E-state index contributed by atoms with van der Waals surface area (Å²) >= 11 is 0. The van der Waals surface area contributed by atoms with E-state index in [2.05, 4.69) is 27.5 Å². The molecule has 2 fully saturated rings. The zero-order valence-corrected chi connectivity index (χ0v) is 15.2. The van der Waals surface area contributed by atoms with Gasteiger partial charge in [-0.25, -0.2) is 4.79 Å². The number of likely N-dealkylation sites (tertiary alicyclic amines) is 1. The number of fused-ring (bicyclic) bond motifs is 1. The molecule has 0 radical (unpaired) electrons. The number of rotatable bonds is 4. The second kappa shape index (κ2) is 7.33. The highest BCUT2D eigenvalue weighted by molar-refractivity contribution is 5.69. The van der Waals surface area contributed by atoms with Crippen molar-refractivity contribution in [2.75, 3.05) is 39.3 Å². The highest BCUT2D eigenvalue weighted by atomic mass is 16.6. The van der Waals surface area contributed by atoms with Crippen LogP contribution in [0.1, 0.15) is 37.6 Å². The number of hydrogen-bond donors (Lipinski definition) is 0. The standard InChI is InChI=1S/C18H29N5O2/c1-2-20-6-3-7-23-17(14-20)12-15(19-23)13-21-8-4-16(5-9-21)22-10-11-25-18(22)24/h12,16H,2-11,13-14H2,1H3. The highest BCUT2D eigenvalue weighted by Gasteiger charge is 2.32. The van der Waals surface area contributed by atoms with Crippen LogP contribution in [-0.4, -0.2) is 75.9 Å². The van der Waals surface area contributed by atoms with Crippen LogP contribution in [0.5, 0.6) is 0 Å². The molecule has 4 rings (SSSR count). The molecule has 7 nitrogen and oxygen atoms in total. The Morgan fingerprint density at radius 2 is 2.00 bits per heavy atom. The van der Waals surface area contributed by atoms with E-state index in [1.165, 1.54) is 24.4 Å². The first-order valence-electron chi connectivity index (χ1n) is 9.66. The molecule has 0 spiro atoms. The predicted octanol–water partition coefficient (Wildman–Crippen LogP) is 1.53. The molecule has 25 heavy (non-hydrogen) atoms. The molecule has 1 aromatic rings. The van der Waals surface area contributed by atoms with Crippen molar-refractivity contribution >= 4 is 6.09 Å². The molecule has 4 heterocycles. The number of piperidine rings is 1. The lowest BCUT2D eigenvalue weighted by atomic mass is 10.0. The van der Waals surface area contributed by atoms with E-state index in [0.29, 0.717) is 12.6 Å². The maximum absolute atomic E-state index is 11.7. The van der Waals surface area contributed by atoms with E-state index in [1.54, 1.807) is 0 Å². The van der Waals surface area contributed by atoms with Crippen LogP contribution in [0.25, 0.3) is 0 Å². The molecule has 138 valence electrons. The van der Waals surface area contributed by atoms with Crippen LogP contribution in [0.2, 0.25) is 0 Å². The Morgan fingerprint density at radius 1 is 1.16 bits per heavy atom. The summed E-state index contributed by atoms with van der Waals surface area (Å²) in [5.74, 6) is 0. The molecule has 1 amide bonds. The van der Waals surface area contributed by atoms with Crippen LogP contribution in [-0.2, 0) is 24.4 Å². The van der Waals surface area contributed by atoms with Gasteiger partial charge in [-0.15, -0.1) is 0 Å². The highest BCUT2D eigenvalue weighted by Crippen LogP contribution is 2.22. The van der Waals surface area contributed by atoms with Crippen molar-refractivity contribution in [3.05, 3.63) is 17.5 Å². The van der Waals surface area contributed by atoms with Crippen molar-refractivity contribution in [2.45, 2.75) is 51.9 Å². The lowest BCUT2D eigenvalue weighted by Crippen LogP contribution is -2.45. The van der Waals surface area contributed by atoms with Crippen LogP contribution in [0, 0.1) is 0 Å². The zero-order chi connectivity index (χ0) is 17.2. The Morgan fingerprint density at radius 3 is 2.72 bits per heavy atom. The molecule has 3 aliphatic rings. The van der Waals surface area contributed by atoms with Gasteiger partial charge in [0.1, 0.15) is 6.61 Å². The lowest BCUT2D eigenvalue weighted by Gasteiger charge is -2.35. The SMILES string of the molecule is CCN1CCCn2nc(CN3CCC(N4CCOC4=O)CC3)cc2C1. The van der Waals surface area contributed by atoms with Crippen molar-refractivity contribution < 1.29 is 9.53 Å². The number of carbonyl (C=O) groups excluding carboxylic acids is 1. The maximum atomic E-state index is 11.7. The minimum atomic E-state index is -0.128. The van der Waals surface area contributed by atoms with Crippen LogP contribution in [0.3, 0.4) is 0 Å². The second-order valence-corrected chi connectivity index (χ2v) is 7.39. The van der Waals surface area contributed by atoms with E-state index in [1.807, 2.05) is 4.90 Å². The number of amides is 1. The maximum Gasteiger partial charge on any atom is 0.410 e. The normalized spacial score (nSPS) is 23.6. The van der Waals surface area contributed by atoms with Gasteiger partial charge in [0, 0.05) is 45.3 Å². The van der Waals surface area contributed by atoms with Gasteiger partial charge in [0.25, 0.3) is 0 Å². The monoisotopic (exact) mass is 347 g/mol. The van der Waals surface area contributed by atoms with Crippen molar-refractivity contribution in [3.63, 3.8) is 0 Å². The van der Waals surface area contributed by atoms with E-state index in [4.69, 9.17) is 9.84 Å². The predicted molar refractivity (Wildman–Crippen MR) is 94.1 cm³/mol. The average Bonchev–Trinajstić information content (AvgIpc) is 3.16. The van der Waals surface area contributed by atoms with Crippen molar-refractivity contribution in [1.29, 1.82) is 0 Å². The van der Waals surface area contributed by atoms with E-state index in [0.717, 1.165) is 58.7 Å². The number of carbonyl (C=O) groups is 1. The minimum absolute atomic E-state index is 0.128.